The molecular weight excluding hydrogens is 346 g/mol. The number of benzene rings is 2. The Morgan fingerprint density at radius 1 is 1.12 bits per heavy atom. The number of carbonyl (C=O) groups is 1. The summed E-state index contributed by atoms with van der Waals surface area (Å²) in [6, 6.07) is 13.9. The predicted molar refractivity (Wildman–Crippen MR) is 94.2 cm³/mol. The van der Waals surface area contributed by atoms with Crippen LogP contribution in [0.4, 0.5) is 0 Å². The lowest BCUT2D eigenvalue weighted by molar-refractivity contribution is 0.0748. The number of hydrogen-bond acceptors (Lipinski definition) is 6. The van der Waals surface area contributed by atoms with Crippen molar-refractivity contribution in [3.8, 4) is 11.1 Å². The van der Waals surface area contributed by atoms with Gasteiger partial charge in [0.05, 0.1) is 18.4 Å². The first-order valence-electron chi connectivity index (χ1n) is 6.96. The summed E-state index contributed by atoms with van der Waals surface area (Å²) in [5.41, 5.74) is 11.1. The molecule has 0 atom stereocenters. The van der Waals surface area contributed by atoms with Crippen LogP contribution in [0.5, 0.6) is 0 Å². The average molecular weight is 365 g/mol. The second-order valence-corrected chi connectivity index (χ2v) is 6.55. The quantitative estimate of drug-likeness (QED) is 0.354. The normalized spacial score (nSPS) is 10.3. The second-order valence-electron chi connectivity index (χ2n) is 4.97. The third-order valence-electron chi connectivity index (χ3n) is 2.75. The van der Waals surface area contributed by atoms with Crippen molar-refractivity contribution in [3.63, 3.8) is 0 Å². The van der Waals surface area contributed by atoms with Crippen LogP contribution in [0.2, 0.25) is 0 Å². The van der Waals surface area contributed by atoms with Gasteiger partial charge in [-0.05, 0) is 34.9 Å². The lowest BCUT2D eigenvalue weighted by Crippen LogP contribution is -2.20. The maximum atomic E-state index is 11.8. The Morgan fingerprint density at radius 3 is 2.16 bits per heavy atom. The predicted octanol–water partition coefficient (Wildman–Crippen LogP) is 0.801. The van der Waals surface area contributed by atoms with E-state index in [1.54, 1.807) is 6.07 Å². The maximum absolute atomic E-state index is 11.8. The maximum Gasteiger partial charge on any atom is 0.353 e. The van der Waals surface area contributed by atoms with Crippen molar-refractivity contribution in [3.05, 3.63) is 59.7 Å². The highest BCUT2D eigenvalue weighted by Crippen LogP contribution is 2.23. The van der Waals surface area contributed by atoms with Crippen molar-refractivity contribution < 1.29 is 22.5 Å². The topological polar surface area (TPSA) is 157 Å². The van der Waals surface area contributed by atoms with Crippen LogP contribution in [0, 0.1) is 5.41 Å². The van der Waals surface area contributed by atoms with E-state index in [0.717, 1.165) is 11.8 Å². The van der Waals surface area contributed by atoms with Crippen LogP contribution in [0.15, 0.2) is 48.5 Å². The summed E-state index contributed by atoms with van der Waals surface area (Å²) in [5, 5.41) is 15.3. The molecule has 0 amide bonds. The molecule has 2 rings (SSSR count). The average Bonchev–Trinajstić information content (AvgIpc) is 2.53. The van der Waals surface area contributed by atoms with Crippen LogP contribution in [0.25, 0.3) is 11.1 Å². The molecule has 6 N–H and O–H groups in total. The Hall–Kier alpha value is -2.91. The number of nitrogens with one attached hydrogen (secondary N) is 1. The van der Waals surface area contributed by atoms with Crippen LogP contribution in [-0.2, 0) is 20.9 Å². The SMILES string of the molecule is CS(=O)(=O)OC(=O)c1cc(CO)cc(-c2ccccc2)c1.N=C(N)N. The van der Waals surface area contributed by atoms with Gasteiger partial charge in [-0.25, -0.2) is 4.79 Å². The fourth-order valence-electron chi connectivity index (χ4n) is 1.88. The molecule has 0 heterocycles. The lowest BCUT2D eigenvalue weighted by atomic mass is 10.00. The van der Waals surface area contributed by atoms with Gasteiger partial charge in [0.15, 0.2) is 5.96 Å². The number of aliphatic hydroxyl groups excluding tert-OH is 1. The molecule has 0 aliphatic heterocycles. The van der Waals surface area contributed by atoms with Gasteiger partial charge in [0.1, 0.15) is 0 Å². The molecule has 0 spiro atoms. The van der Waals surface area contributed by atoms with Gasteiger partial charge in [-0.1, -0.05) is 30.3 Å². The molecule has 0 bridgehead atoms. The van der Waals surface area contributed by atoms with Crippen molar-refractivity contribution in [1.29, 1.82) is 5.41 Å². The van der Waals surface area contributed by atoms with Crippen LogP contribution < -0.4 is 11.5 Å². The standard InChI is InChI=1S/C15H14O5S.CH5N3/c1-21(18,19)20-15(17)14-8-11(10-16)7-13(9-14)12-5-3-2-4-6-12;2-1(3)4/h2-9,16H,10H2,1H3;(H5,2,3,4). The molecule has 25 heavy (non-hydrogen) atoms. The van der Waals surface area contributed by atoms with Crippen molar-refractivity contribution in [2.75, 3.05) is 6.26 Å². The molecular formula is C16H19N3O5S. The van der Waals surface area contributed by atoms with E-state index < -0.39 is 16.1 Å². The molecule has 8 nitrogen and oxygen atoms in total. The Morgan fingerprint density at radius 2 is 1.68 bits per heavy atom. The van der Waals surface area contributed by atoms with Gasteiger partial charge < -0.3 is 20.8 Å². The van der Waals surface area contributed by atoms with E-state index in [1.165, 1.54) is 12.1 Å². The number of carbonyl (C=O) groups excluding carboxylic acids is 1. The fourth-order valence-corrected chi connectivity index (χ4v) is 2.26. The van der Waals surface area contributed by atoms with Crippen LogP contribution in [0.3, 0.4) is 0 Å². The zero-order valence-corrected chi connectivity index (χ0v) is 14.3. The molecule has 0 saturated carbocycles. The minimum Gasteiger partial charge on any atom is -0.392 e. The van der Waals surface area contributed by atoms with Crippen LogP contribution in [-0.4, -0.2) is 31.7 Å². The van der Waals surface area contributed by atoms with E-state index in [2.05, 4.69) is 15.7 Å². The van der Waals surface area contributed by atoms with Gasteiger partial charge in [-0.15, -0.1) is 0 Å². The van der Waals surface area contributed by atoms with E-state index in [9.17, 15) is 18.3 Å². The largest absolute Gasteiger partial charge is 0.392 e. The van der Waals surface area contributed by atoms with Gasteiger partial charge in [-0.2, -0.15) is 8.42 Å². The highest BCUT2D eigenvalue weighted by molar-refractivity contribution is 7.86. The summed E-state index contributed by atoms with van der Waals surface area (Å²) in [7, 11) is -3.88. The van der Waals surface area contributed by atoms with Gasteiger partial charge in [0.2, 0.25) is 0 Å². The summed E-state index contributed by atoms with van der Waals surface area (Å²) in [6.07, 6.45) is 0.804. The molecule has 0 radical (unpaired) electrons. The van der Waals surface area contributed by atoms with Crippen LogP contribution in [0.1, 0.15) is 15.9 Å². The summed E-state index contributed by atoms with van der Waals surface area (Å²) in [5.74, 6) is -1.30. The number of nitrogens with two attached hydrogens (primary N) is 2. The molecule has 2 aromatic carbocycles. The molecule has 0 unspecified atom stereocenters. The van der Waals surface area contributed by atoms with Gasteiger partial charge in [0, 0.05) is 0 Å². The Bertz CT molecular complexity index is 847. The van der Waals surface area contributed by atoms with E-state index in [0.29, 0.717) is 11.1 Å². The molecule has 0 saturated heterocycles. The van der Waals surface area contributed by atoms with Gasteiger partial charge in [-0.3, -0.25) is 5.41 Å². The zero-order chi connectivity index (χ0) is 19.0. The number of guanidine groups is 1. The Balaban J connectivity index is 0.000000705. The third-order valence-corrected chi connectivity index (χ3v) is 3.20. The highest BCUT2D eigenvalue weighted by atomic mass is 32.2. The third kappa shape index (κ3) is 7.46. The zero-order valence-electron chi connectivity index (χ0n) is 13.5. The van der Waals surface area contributed by atoms with Crippen molar-refractivity contribution in [1.82, 2.24) is 0 Å². The first kappa shape index (κ1) is 20.1. The Labute approximate surface area is 145 Å². The first-order valence-corrected chi connectivity index (χ1v) is 8.77. The van der Waals surface area contributed by atoms with Gasteiger partial charge in [0.25, 0.3) is 0 Å². The minimum atomic E-state index is -3.88. The van der Waals surface area contributed by atoms with Gasteiger partial charge >= 0.3 is 16.1 Å². The van der Waals surface area contributed by atoms with E-state index >= 15 is 0 Å². The first-order chi connectivity index (χ1) is 11.6. The van der Waals surface area contributed by atoms with Crippen LogP contribution >= 0.6 is 0 Å². The second kappa shape index (κ2) is 8.81. The smallest absolute Gasteiger partial charge is 0.353 e. The van der Waals surface area contributed by atoms with Crippen molar-refractivity contribution in [2.45, 2.75) is 6.61 Å². The number of rotatable bonds is 4. The minimum absolute atomic E-state index is 0.0748. The molecule has 2 aromatic rings. The van der Waals surface area contributed by atoms with E-state index in [1.807, 2.05) is 30.3 Å². The summed E-state index contributed by atoms with van der Waals surface area (Å²) in [6.45, 7) is -0.264. The Kier molecular flexibility index (Phi) is 7.09. The monoisotopic (exact) mass is 365 g/mol. The van der Waals surface area contributed by atoms with Crippen molar-refractivity contribution in [2.24, 2.45) is 11.5 Å². The summed E-state index contributed by atoms with van der Waals surface area (Å²) in [4.78, 5) is 11.8. The number of aliphatic hydroxyl groups is 1. The summed E-state index contributed by atoms with van der Waals surface area (Å²) >= 11 is 0. The number of hydrogen-bond donors (Lipinski definition) is 4. The molecule has 0 aromatic heterocycles. The van der Waals surface area contributed by atoms with E-state index in [4.69, 9.17) is 5.41 Å². The summed E-state index contributed by atoms with van der Waals surface area (Å²) < 4.78 is 26.4. The molecule has 0 aliphatic carbocycles. The highest BCUT2D eigenvalue weighted by Gasteiger charge is 2.15. The van der Waals surface area contributed by atoms with E-state index in [-0.39, 0.29) is 18.1 Å². The lowest BCUT2D eigenvalue weighted by Gasteiger charge is -2.08. The molecule has 134 valence electrons. The van der Waals surface area contributed by atoms with Crippen molar-refractivity contribution >= 4 is 22.0 Å². The fraction of sp³-hybridized carbons (Fsp3) is 0.125. The molecule has 0 fully saturated rings. The molecule has 9 heteroatoms. The molecule has 0 aliphatic rings.